The summed E-state index contributed by atoms with van der Waals surface area (Å²) in [6, 6.07) is 0. The minimum Gasteiger partial charge on any atom is -0.542 e. The normalized spacial score (nSPS) is 9.15. The van der Waals surface area contributed by atoms with E-state index in [0.717, 1.165) is 0 Å². The van der Waals surface area contributed by atoms with E-state index < -0.39 is 5.60 Å². The third-order valence-electron chi connectivity index (χ3n) is 0.851. The van der Waals surface area contributed by atoms with Crippen LogP contribution in [0.4, 0.5) is 0 Å². The molecule has 0 aliphatic heterocycles. The van der Waals surface area contributed by atoms with E-state index in [2.05, 4.69) is 0 Å². The van der Waals surface area contributed by atoms with Crippen LogP contribution >= 0.6 is 0 Å². The van der Waals surface area contributed by atoms with Crippen LogP contribution in [0.25, 0.3) is 0 Å². The largest absolute Gasteiger partial charge is 2.00 e. The van der Waals surface area contributed by atoms with E-state index in [1.165, 1.54) is 0 Å². The van der Waals surface area contributed by atoms with Gasteiger partial charge in [-0.15, -0.1) is 6.42 Å². The minimum atomic E-state index is -0.458. The molecular formula is C9H16O3W. The standard InChI is InChI=1S/C8H13O3.CH3.W/c1-8(2,3)11-7(10)5-4-6-9;;/h4-5H2,1-3H3;1H3;/q2*-1;+2. The SMILES string of the molecule is CC(C)(C)OC(=O)CC[C-]=O.[CH3-].[W+2]. The molecule has 0 spiro atoms. The summed E-state index contributed by atoms with van der Waals surface area (Å²) in [5.41, 5.74) is -0.458. The molecule has 0 aromatic carbocycles. The predicted octanol–water partition coefficient (Wildman–Crippen LogP) is 1.67. The first-order valence-corrected chi connectivity index (χ1v) is 3.52. The van der Waals surface area contributed by atoms with Crippen molar-refractivity contribution in [3.8, 4) is 0 Å². The zero-order chi connectivity index (χ0) is 8.91. The number of ether oxygens (including phenoxy) is 1. The van der Waals surface area contributed by atoms with Gasteiger partial charge in [0.15, 0.2) is 0 Å². The van der Waals surface area contributed by atoms with Gasteiger partial charge in [-0.25, -0.2) is 0 Å². The van der Waals surface area contributed by atoms with Crippen LogP contribution in [0.3, 0.4) is 0 Å². The van der Waals surface area contributed by atoms with Crippen LogP contribution in [0.15, 0.2) is 0 Å². The number of carbonyl (C=O) groups excluding carboxylic acids is 2. The van der Waals surface area contributed by atoms with Crippen LogP contribution < -0.4 is 0 Å². The van der Waals surface area contributed by atoms with Crippen LogP contribution in [0, 0.1) is 7.43 Å². The number of rotatable bonds is 3. The Morgan fingerprint density at radius 2 is 1.85 bits per heavy atom. The van der Waals surface area contributed by atoms with Crippen molar-refractivity contribution in [2.24, 2.45) is 0 Å². The second-order valence-electron chi connectivity index (χ2n) is 3.23. The van der Waals surface area contributed by atoms with Crippen molar-refractivity contribution in [1.82, 2.24) is 0 Å². The molecule has 0 aromatic heterocycles. The van der Waals surface area contributed by atoms with Gasteiger partial charge in [-0.3, -0.25) is 11.1 Å². The van der Waals surface area contributed by atoms with Gasteiger partial charge in [0.25, 0.3) is 0 Å². The quantitative estimate of drug-likeness (QED) is 0.571. The van der Waals surface area contributed by atoms with Gasteiger partial charge in [-0.2, -0.15) is 0 Å². The first-order chi connectivity index (χ1) is 4.95. The summed E-state index contributed by atoms with van der Waals surface area (Å²) in [6.45, 7) is 5.36. The zero-order valence-corrected chi connectivity index (χ0v) is 11.5. The molecule has 3 nitrogen and oxygen atoms in total. The van der Waals surface area contributed by atoms with Gasteiger partial charge in [-0.05, 0) is 20.8 Å². The Labute approximate surface area is 94.5 Å². The van der Waals surface area contributed by atoms with Gasteiger partial charge >= 0.3 is 27.0 Å². The third kappa shape index (κ3) is 14.7. The Hall–Kier alpha value is -0.172. The van der Waals surface area contributed by atoms with Crippen molar-refractivity contribution < 1.29 is 35.4 Å². The molecule has 0 saturated carbocycles. The van der Waals surface area contributed by atoms with Crippen LogP contribution in [0.5, 0.6) is 0 Å². The molecule has 0 N–H and O–H groups in total. The monoisotopic (exact) mass is 356 g/mol. The first kappa shape index (κ1) is 18.6. The van der Waals surface area contributed by atoms with E-state index in [0.29, 0.717) is 0 Å². The van der Waals surface area contributed by atoms with E-state index in [4.69, 9.17) is 4.74 Å². The average Bonchev–Trinajstić information content (AvgIpc) is 1.79. The maximum absolute atomic E-state index is 10.8. The second-order valence-corrected chi connectivity index (χ2v) is 3.23. The first-order valence-electron chi connectivity index (χ1n) is 3.52. The molecule has 0 amide bonds. The molecule has 0 heterocycles. The average molecular weight is 356 g/mol. The molecule has 0 unspecified atom stereocenters. The Kier molecular flexibility index (Phi) is 12.0. The zero-order valence-electron chi connectivity index (χ0n) is 8.55. The molecule has 0 rings (SSSR count). The molecule has 0 saturated heterocycles. The fraction of sp³-hybridized carbons (Fsp3) is 0.667. The molecule has 0 aliphatic rings. The topological polar surface area (TPSA) is 43.4 Å². The summed E-state index contributed by atoms with van der Waals surface area (Å²) in [6.07, 6.45) is 1.88. The van der Waals surface area contributed by atoms with Crippen molar-refractivity contribution in [3.05, 3.63) is 7.43 Å². The van der Waals surface area contributed by atoms with E-state index in [-0.39, 0.29) is 47.3 Å². The maximum Gasteiger partial charge on any atom is 2.00 e. The van der Waals surface area contributed by atoms with Crippen molar-refractivity contribution in [2.45, 2.75) is 39.2 Å². The van der Waals surface area contributed by atoms with Gasteiger partial charge in [0.05, 0.1) is 0 Å². The fourth-order valence-corrected chi connectivity index (χ4v) is 0.546. The number of hydrogen-bond acceptors (Lipinski definition) is 3. The van der Waals surface area contributed by atoms with Crippen LogP contribution in [-0.2, 0) is 35.4 Å². The molecule has 0 aromatic rings. The molecule has 4 heteroatoms. The second kappa shape index (κ2) is 8.43. The van der Waals surface area contributed by atoms with Crippen molar-refractivity contribution >= 4 is 12.3 Å². The van der Waals surface area contributed by atoms with Crippen LogP contribution in [0.1, 0.15) is 33.6 Å². The molecule has 0 atom stereocenters. The Morgan fingerprint density at radius 1 is 1.38 bits per heavy atom. The number of carbonyl (C=O) groups is 1. The van der Waals surface area contributed by atoms with Gasteiger partial charge in [0.1, 0.15) is 5.60 Å². The van der Waals surface area contributed by atoms with Crippen molar-refractivity contribution in [1.29, 1.82) is 0 Å². The molecular weight excluding hydrogens is 340 g/mol. The van der Waals surface area contributed by atoms with E-state index in [1.807, 2.05) is 0 Å². The summed E-state index contributed by atoms with van der Waals surface area (Å²) in [5, 5.41) is 0. The van der Waals surface area contributed by atoms with Crippen molar-refractivity contribution in [2.75, 3.05) is 0 Å². The van der Waals surface area contributed by atoms with Crippen LogP contribution in [-0.4, -0.2) is 17.9 Å². The molecule has 13 heavy (non-hydrogen) atoms. The van der Waals surface area contributed by atoms with Gasteiger partial charge in [0, 0.05) is 6.42 Å². The summed E-state index contributed by atoms with van der Waals surface area (Å²) < 4.78 is 4.92. The molecule has 0 aliphatic carbocycles. The smallest absolute Gasteiger partial charge is 0.542 e. The molecule has 76 valence electrons. The van der Waals surface area contributed by atoms with E-state index in [9.17, 15) is 9.59 Å². The predicted molar refractivity (Wildman–Crippen MR) is 47.2 cm³/mol. The summed E-state index contributed by atoms with van der Waals surface area (Å²) in [7, 11) is 0. The van der Waals surface area contributed by atoms with Gasteiger partial charge in [0.2, 0.25) is 0 Å². The van der Waals surface area contributed by atoms with Crippen LogP contribution in [0.2, 0.25) is 0 Å². The minimum absolute atomic E-state index is 0. The van der Waals surface area contributed by atoms with E-state index in [1.54, 1.807) is 27.1 Å². The van der Waals surface area contributed by atoms with Gasteiger partial charge < -0.3 is 17.0 Å². The molecule has 0 radical (unpaired) electrons. The number of hydrogen-bond donors (Lipinski definition) is 0. The summed E-state index contributed by atoms with van der Waals surface area (Å²) in [4.78, 5) is 20.6. The Balaban J connectivity index is -0.000000500. The van der Waals surface area contributed by atoms with E-state index >= 15 is 0 Å². The molecule has 0 fully saturated rings. The fourth-order valence-electron chi connectivity index (χ4n) is 0.546. The Morgan fingerprint density at radius 3 is 2.15 bits per heavy atom. The van der Waals surface area contributed by atoms with Crippen molar-refractivity contribution in [3.63, 3.8) is 0 Å². The Bertz CT molecular complexity index is 149. The molecule has 0 bridgehead atoms. The maximum atomic E-state index is 10.8. The third-order valence-corrected chi connectivity index (χ3v) is 0.851. The summed E-state index contributed by atoms with van der Waals surface area (Å²) in [5.74, 6) is -0.346. The van der Waals surface area contributed by atoms with Gasteiger partial charge in [-0.1, -0.05) is 0 Å². The summed E-state index contributed by atoms with van der Waals surface area (Å²) >= 11 is 0. The number of esters is 1.